The van der Waals surface area contributed by atoms with E-state index in [9.17, 15) is 13.2 Å². The predicted octanol–water partition coefficient (Wildman–Crippen LogP) is 3.83. The minimum absolute atomic E-state index is 0.0165. The molecule has 96 valence electrons. The van der Waals surface area contributed by atoms with Crippen LogP contribution in [0.1, 0.15) is 11.3 Å². The molecule has 0 aliphatic heterocycles. The number of alkyl halides is 3. The van der Waals surface area contributed by atoms with Crippen LogP contribution in [0.25, 0.3) is 11.1 Å². The highest BCUT2D eigenvalue weighted by Crippen LogP contribution is 2.37. The quantitative estimate of drug-likeness (QED) is 0.824. The monoisotopic (exact) mass is 262 g/mol. The molecule has 1 aromatic carbocycles. The maximum absolute atomic E-state index is 13.0. The molecule has 0 aliphatic rings. The standard InChI is InChI=1S/C14H9F3N2/c15-14(16,17)13-12(10-4-2-1-3-5-10)11(6-8-18)7-9-19-13/h1-5,7,9H,6H2. The van der Waals surface area contributed by atoms with Crippen molar-refractivity contribution in [1.82, 2.24) is 4.98 Å². The summed E-state index contributed by atoms with van der Waals surface area (Å²) < 4.78 is 39.0. The van der Waals surface area contributed by atoms with Crippen molar-refractivity contribution >= 4 is 0 Å². The second-order valence-electron chi connectivity index (χ2n) is 3.89. The van der Waals surface area contributed by atoms with Gasteiger partial charge < -0.3 is 0 Å². The molecule has 0 spiro atoms. The van der Waals surface area contributed by atoms with E-state index in [1.54, 1.807) is 30.3 Å². The number of halogens is 3. The number of nitrogens with zero attached hydrogens (tertiary/aromatic N) is 2. The summed E-state index contributed by atoms with van der Waals surface area (Å²) in [6.45, 7) is 0. The summed E-state index contributed by atoms with van der Waals surface area (Å²) in [5, 5.41) is 8.73. The van der Waals surface area contributed by atoms with Gasteiger partial charge in [0.1, 0.15) is 0 Å². The minimum atomic E-state index is -4.54. The van der Waals surface area contributed by atoms with Crippen molar-refractivity contribution in [1.29, 1.82) is 5.26 Å². The lowest BCUT2D eigenvalue weighted by molar-refractivity contribution is -0.140. The van der Waals surface area contributed by atoms with E-state index in [1.165, 1.54) is 6.07 Å². The molecule has 2 rings (SSSR count). The van der Waals surface area contributed by atoms with Crippen LogP contribution in [0.3, 0.4) is 0 Å². The fourth-order valence-electron chi connectivity index (χ4n) is 1.88. The highest BCUT2D eigenvalue weighted by atomic mass is 19.4. The highest BCUT2D eigenvalue weighted by molar-refractivity contribution is 5.70. The van der Waals surface area contributed by atoms with Crippen molar-refractivity contribution in [3.63, 3.8) is 0 Å². The van der Waals surface area contributed by atoms with Gasteiger partial charge in [-0.1, -0.05) is 30.3 Å². The summed E-state index contributed by atoms with van der Waals surface area (Å²) in [6.07, 6.45) is -3.55. The van der Waals surface area contributed by atoms with Crippen LogP contribution in [0.15, 0.2) is 42.6 Å². The lowest BCUT2D eigenvalue weighted by atomic mass is 9.96. The topological polar surface area (TPSA) is 36.7 Å². The molecule has 0 aliphatic carbocycles. The number of hydrogen-bond donors (Lipinski definition) is 0. The molecular weight excluding hydrogens is 253 g/mol. The zero-order valence-electron chi connectivity index (χ0n) is 9.78. The maximum atomic E-state index is 13.0. The average molecular weight is 262 g/mol. The van der Waals surface area contributed by atoms with Crippen molar-refractivity contribution in [2.24, 2.45) is 0 Å². The third-order valence-electron chi connectivity index (χ3n) is 2.64. The molecule has 0 fully saturated rings. The molecule has 0 amide bonds. The van der Waals surface area contributed by atoms with Crippen molar-refractivity contribution < 1.29 is 13.2 Å². The van der Waals surface area contributed by atoms with E-state index in [0.29, 0.717) is 11.1 Å². The van der Waals surface area contributed by atoms with Gasteiger partial charge in [-0.2, -0.15) is 18.4 Å². The predicted molar refractivity (Wildman–Crippen MR) is 64.0 cm³/mol. The first-order valence-corrected chi connectivity index (χ1v) is 5.51. The number of hydrogen-bond acceptors (Lipinski definition) is 2. The van der Waals surface area contributed by atoms with Crippen LogP contribution in [0, 0.1) is 11.3 Å². The number of benzene rings is 1. The average Bonchev–Trinajstić information content (AvgIpc) is 2.39. The van der Waals surface area contributed by atoms with Crippen molar-refractivity contribution in [3.8, 4) is 17.2 Å². The highest BCUT2D eigenvalue weighted by Gasteiger charge is 2.36. The van der Waals surface area contributed by atoms with E-state index in [4.69, 9.17) is 5.26 Å². The lowest BCUT2D eigenvalue weighted by Gasteiger charge is -2.14. The van der Waals surface area contributed by atoms with Crippen LogP contribution in [0.5, 0.6) is 0 Å². The number of aromatic nitrogens is 1. The SMILES string of the molecule is N#CCc1ccnc(C(F)(F)F)c1-c1ccccc1. The molecule has 0 saturated carbocycles. The second-order valence-corrected chi connectivity index (χ2v) is 3.89. The van der Waals surface area contributed by atoms with Gasteiger partial charge in [-0.3, -0.25) is 4.98 Å². The van der Waals surface area contributed by atoms with Gasteiger partial charge in [0, 0.05) is 11.8 Å². The van der Waals surface area contributed by atoms with E-state index in [0.717, 1.165) is 6.20 Å². The van der Waals surface area contributed by atoms with Gasteiger partial charge in [-0.05, 0) is 17.2 Å². The van der Waals surface area contributed by atoms with Crippen LogP contribution in [-0.2, 0) is 12.6 Å². The maximum Gasteiger partial charge on any atom is 0.433 e. The third-order valence-corrected chi connectivity index (χ3v) is 2.64. The number of nitriles is 1. The molecule has 5 heteroatoms. The summed E-state index contributed by atoms with van der Waals surface area (Å²) in [7, 11) is 0. The Hall–Kier alpha value is -2.35. The van der Waals surface area contributed by atoms with Crippen LogP contribution >= 0.6 is 0 Å². The van der Waals surface area contributed by atoms with Gasteiger partial charge in [-0.15, -0.1) is 0 Å². The van der Waals surface area contributed by atoms with Crippen LogP contribution in [-0.4, -0.2) is 4.98 Å². The molecule has 2 aromatic rings. The molecule has 1 heterocycles. The van der Waals surface area contributed by atoms with Gasteiger partial charge >= 0.3 is 6.18 Å². The van der Waals surface area contributed by atoms with Crippen molar-refractivity contribution in [3.05, 3.63) is 53.9 Å². The van der Waals surface area contributed by atoms with Gasteiger partial charge in [0.05, 0.1) is 12.5 Å². The molecule has 0 saturated heterocycles. The van der Waals surface area contributed by atoms with E-state index in [2.05, 4.69) is 4.98 Å². The Bertz CT molecular complexity index is 613. The molecule has 0 N–H and O–H groups in total. The number of pyridine rings is 1. The van der Waals surface area contributed by atoms with Crippen molar-refractivity contribution in [2.75, 3.05) is 0 Å². The molecular formula is C14H9F3N2. The van der Waals surface area contributed by atoms with E-state index >= 15 is 0 Å². The van der Waals surface area contributed by atoms with Crippen molar-refractivity contribution in [2.45, 2.75) is 12.6 Å². The lowest BCUT2D eigenvalue weighted by Crippen LogP contribution is -2.11. The molecule has 1 aromatic heterocycles. The van der Waals surface area contributed by atoms with Gasteiger partial charge in [0.15, 0.2) is 5.69 Å². The summed E-state index contributed by atoms with van der Waals surface area (Å²) in [5.41, 5.74) is -0.229. The fraction of sp³-hybridized carbons (Fsp3) is 0.143. The number of rotatable bonds is 2. The molecule has 19 heavy (non-hydrogen) atoms. The molecule has 0 radical (unpaired) electrons. The van der Waals surface area contributed by atoms with Crippen LogP contribution < -0.4 is 0 Å². The normalized spacial score (nSPS) is 11.1. The summed E-state index contributed by atoms with van der Waals surface area (Å²) in [4.78, 5) is 3.43. The Morgan fingerprint density at radius 1 is 1.11 bits per heavy atom. The van der Waals surface area contributed by atoms with Crippen LogP contribution in [0.2, 0.25) is 0 Å². The van der Waals surface area contributed by atoms with E-state index in [-0.39, 0.29) is 12.0 Å². The van der Waals surface area contributed by atoms with Gasteiger partial charge in [0.2, 0.25) is 0 Å². The largest absolute Gasteiger partial charge is 0.433 e. The molecule has 0 atom stereocenters. The second kappa shape index (κ2) is 5.11. The third kappa shape index (κ3) is 2.74. The Balaban J connectivity index is 2.71. The zero-order chi connectivity index (χ0) is 13.9. The van der Waals surface area contributed by atoms with E-state index in [1.807, 2.05) is 6.07 Å². The molecule has 0 unspecified atom stereocenters. The Morgan fingerprint density at radius 3 is 2.37 bits per heavy atom. The summed E-state index contributed by atoms with van der Waals surface area (Å²) in [6, 6.07) is 11.5. The first-order valence-electron chi connectivity index (χ1n) is 5.51. The van der Waals surface area contributed by atoms with Gasteiger partial charge in [0.25, 0.3) is 0 Å². The smallest absolute Gasteiger partial charge is 0.251 e. The Kier molecular flexibility index (Phi) is 3.52. The Labute approximate surface area is 108 Å². The van der Waals surface area contributed by atoms with Crippen LogP contribution in [0.4, 0.5) is 13.2 Å². The van der Waals surface area contributed by atoms with E-state index < -0.39 is 11.9 Å². The summed E-state index contributed by atoms with van der Waals surface area (Å²) >= 11 is 0. The minimum Gasteiger partial charge on any atom is -0.251 e. The zero-order valence-corrected chi connectivity index (χ0v) is 9.78. The first-order chi connectivity index (χ1) is 9.04. The van der Waals surface area contributed by atoms with Gasteiger partial charge in [-0.25, -0.2) is 0 Å². The molecule has 2 nitrogen and oxygen atoms in total. The first kappa shape index (κ1) is 13.1. The fourth-order valence-corrected chi connectivity index (χ4v) is 1.88. The Morgan fingerprint density at radius 2 is 1.79 bits per heavy atom. The molecule has 0 bridgehead atoms. The summed E-state index contributed by atoms with van der Waals surface area (Å²) in [5.74, 6) is 0.